The molecule has 1 heterocycles. The van der Waals surface area contributed by atoms with Crippen LogP contribution in [-0.2, 0) is 20.9 Å². The minimum atomic E-state index is -1.03. The quantitative estimate of drug-likeness (QED) is 0.760. The molecule has 0 saturated carbocycles. The number of unbranched alkanes of at least 4 members (excludes halogenated alkanes) is 1. The number of aliphatic carboxylic acids is 1. The van der Waals surface area contributed by atoms with E-state index in [4.69, 9.17) is 0 Å². The Labute approximate surface area is 141 Å². The third-order valence-electron chi connectivity index (χ3n) is 4.26. The van der Waals surface area contributed by atoms with Gasteiger partial charge in [-0.25, -0.2) is 4.79 Å². The highest BCUT2D eigenvalue weighted by molar-refractivity contribution is 5.91. The van der Waals surface area contributed by atoms with Crippen LogP contribution in [0.15, 0.2) is 30.3 Å². The molecule has 1 fully saturated rings. The minimum Gasteiger partial charge on any atom is -0.480 e. The molecule has 1 aliphatic rings. The van der Waals surface area contributed by atoms with Gasteiger partial charge in [0.2, 0.25) is 11.8 Å². The Morgan fingerprint density at radius 1 is 1.33 bits per heavy atom. The van der Waals surface area contributed by atoms with E-state index < -0.39 is 17.9 Å². The number of nitrogens with zero attached hydrogens (tertiary/aromatic N) is 1. The molecule has 2 rings (SSSR count). The van der Waals surface area contributed by atoms with Crippen LogP contribution < -0.4 is 5.32 Å². The third kappa shape index (κ3) is 4.81. The zero-order valence-electron chi connectivity index (χ0n) is 13.9. The van der Waals surface area contributed by atoms with Crippen molar-refractivity contribution < 1.29 is 19.5 Å². The lowest BCUT2D eigenvalue weighted by molar-refractivity contribution is -0.142. The van der Waals surface area contributed by atoms with Gasteiger partial charge in [-0.2, -0.15) is 0 Å². The highest BCUT2D eigenvalue weighted by Gasteiger charge is 2.35. The van der Waals surface area contributed by atoms with Crippen molar-refractivity contribution in [1.82, 2.24) is 10.2 Å². The minimum absolute atomic E-state index is 0.0700. The molecule has 2 amide bonds. The summed E-state index contributed by atoms with van der Waals surface area (Å²) in [4.78, 5) is 37.3. The molecule has 6 heteroatoms. The lowest BCUT2D eigenvalue weighted by atomic mass is 10.1. The topological polar surface area (TPSA) is 86.7 Å². The van der Waals surface area contributed by atoms with Crippen molar-refractivity contribution in [3.8, 4) is 0 Å². The van der Waals surface area contributed by atoms with Crippen molar-refractivity contribution in [3.05, 3.63) is 35.9 Å². The second-order valence-electron chi connectivity index (χ2n) is 6.20. The van der Waals surface area contributed by atoms with Crippen LogP contribution in [0.1, 0.15) is 38.2 Å². The number of carboxylic acid groups (broad SMARTS) is 1. The van der Waals surface area contributed by atoms with Crippen LogP contribution in [0, 0.1) is 5.92 Å². The predicted octanol–water partition coefficient (Wildman–Crippen LogP) is 1.79. The van der Waals surface area contributed by atoms with Crippen molar-refractivity contribution in [2.24, 2.45) is 5.92 Å². The van der Waals surface area contributed by atoms with Gasteiger partial charge in [-0.15, -0.1) is 0 Å². The smallest absolute Gasteiger partial charge is 0.326 e. The summed E-state index contributed by atoms with van der Waals surface area (Å²) in [5.74, 6) is -1.92. The second kappa shape index (κ2) is 8.47. The number of benzene rings is 1. The highest BCUT2D eigenvalue weighted by atomic mass is 16.4. The first-order chi connectivity index (χ1) is 11.5. The van der Waals surface area contributed by atoms with E-state index in [0.717, 1.165) is 18.4 Å². The molecular formula is C18H24N2O4. The van der Waals surface area contributed by atoms with Crippen LogP contribution in [0.3, 0.4) is 0 Å². The molecule has 2 atom stereocenters. The molecule has 2 unspecified atom stereocenters. The molecule has 1 saturated heterocycles. The summed E-state index contributed by atoms with van der Waals surface area (Å²) in [6.07, 6.45) is 2.15. The molecule has 6 nitrogen and oxygen atoms in total. The number of carbonyl (C=O) groups excluding carboxylic acids is 2. The van der Waals surface area contributed by atoms with Gasteiger partial charge in [-0.3, -0.25) is 9.59 Å². The molecule has 0 aliphatic carbocycles. The molecule has 1 aromatic rings. The highest BCUT2D eigenvalue weighted by Crippen LogP contribution is 2.20. The Hall–Kier alpha value is -2.37. The molecule has 0 aromatic heterocycles. The fourth-order valence-electron chi connectivity index (χ4n) is 2.86. The van der Waals surface area contributed by atoms with Crippen LogP contribution in [0.2, 0.25) is 0 Å². The van der Waals surface area contributed by atoms with Crippen LogP contribution in [0.5, 0.6) is 0 Å². The standard InChI is InChI=1S/C18H24N2O4/c1-2-3-9-15(18(23)24)19-17(22)14-10-16(21)20(12-14)11-13-7-5-4-6-8-13/h4-8,14-15H,2-3,9-12H2,1H3,(H,19,22)(H,23,24). The zero-order chi connectivity index (χ0) is 17.5. The van der Waals surface area contributed by atoms with Gasteiger partial charge in [0.25, 0.3) is 0 Å². The first kappa shape index (κ1) is 18.0. The summed E-state index contributed by atoms with van der Waals surface area (Å²) in [5, 5.41) is 11.8. The van der Waals surface area contributed by atoms with Gasteiger partial charge in [-0.1, -0.05) is 50.1 Å². The zero-order valence-corrected chi connectivity index (χ0v) is 13.9. The van der Waals surface area contributed by atoms with Crippen LogP contribution in [-0.4, -0.2) is 40.4 Å². The molecule has 0 radical (unpaired) electrons. The van der Waals surface area contributed by atoms with Crippen LogP contribution >= 0.6 is 0 Å². The van der Waals surface area contributed by atoms with E-state index >= 15 is 0 Å². The first-order valence-corrected chi connectivity index (χ1v) is 8.36. The maximum Gasteiger partial charge on any atom is 0.326 e. The fourth-order valence-corrected chi connectivity index (χ4v) is 2.86. The summed E-state index contributed by atoms with van der Waals surface area (Å²) >= 11 is 0. The van der Waals surface area contributed by atoms with Crippen LogP contribution in [0.4, 0.5) is 0 Å². The summed E-state index contributed by atoms with van der Waals surface area (Å²) in [6.45, 7) is 2.78. The Morgan fingerprint density at radius 2 is 2.04 bits per heavy atom. The maximum atomic E-state index is 12.3. The summed E-state index contributed by atoms with van der Waals surface area (Å²) in [6, 6.07) is 8.72. The molecule has 2 N–H and O–H groups in total. The van der Waals surface area contributed by atoms with E-state index in [1.165, 1.54) is 0 Å². The molecule has 24 heavy (non-hydrogen) atoms. The lowest BCUT2D eigenvalue weighted by Gasteiger charge is -2.18. The Bertz CT molecular complexity index is 588. The van der Waals surface area contributed by atoms with E-state index in [1.807, 2.05) is 37.3 Å². The lowest BCUT2D eigenvalue weighted by Crippen LogP contribution is -2.44. The molecule has 0 bridgehead atoms. The van der Waals surface area contributed by atoms with Gasteiger partial charge in [0, 0.05) is 19.5 Å². The van der Waals surface area contributed by atoms with E-state index in [2.05, 4.69) is 5.32 Å². The van der Waals surface area contributed by atoms with E-state index in [1.54, 1.807) is 4.90 Å². The largest absolute Gasteiger partial charge is 0.480 e. The van der Waals surface area contributed by atoms with Gasteiger partial charge in [0.1, 0.15) is 6.04 Å². The number of amides is 2. The van der Waals surface area contributed by atoms with Crippen molar-refractivity contribution in [1.29, 1.82) is 0 Å². The number of carbonyl (C=O) groups is 3. The van der Waals surface area contributed by atoms with Crippen LogP contribution in [0.25, 0.3) is 0 Å². The summed E-state index contributed by atoms with van der Waals surface area (Å²) in [7, 11) is 0. The van der Waals surface area contributed by atoms with Gasteiger partial charge in [0.15, 0.2) is 0 Å². The molecular weight excluding hydrogens is 308 g/mol. The van der Waals surface area contributed by atoms with E-state index in [0.29, 0.717) is 19.5 Å². The average Bonchev–Trinajstić information content (AvgIpc) is 2.93. The normalized spacial score (nSPS) is 18.5. The SMILES string of the molecule is CCCCC(NC(=O)C1CC(=O)N(Cc2ccccc2)C1)C(=O)O. The Morgan fingerprint density at radius 3 is 2.67 bits per heavy atom. The number of rotatable bonds is 8. The van der Waals surface area contributed by atoms with E-state index in [9.17, 15) is 19.5 Å². The monoisotopic (exact) mass is 332 g/mol. The van der Waals surface area contributed by atoms with Gasteiger partial charge in [-0.05, 0) is 12.0 Å². The van der Waals surface area contributed by atoms with Crippen molar-refractivity contribution in [2.45, 2.75) is 45.2 Å². The van der Waals surface area contributed by atoms with Crippen molar-refractivity contribution in [3.63, 3.8) is 0 Å². The molecule has 1 aliphatic heterocycles. The maximum absolute atomic E-state index is 12.3. The van der Waals surface area contributed by atoms with Gasteiger partial charge < -0.3 is 15.3 Å². The van der Waals surface area contributed by atoms with Crippen molar-refractivity contribution >= 4 is 17.8 Å². The Balaban J connectivity index is 1.91. The predicted molar refractivity (Wildman–Crippen MR) is 89.1 cm³/mol. The van der Waals surface area contributed by atoms with Gasteiger partial charge in [0.05, 0.1) is 5.92 Å². The molecule has 0 spiro atoms. The first-order valence-electron chi connectivity index (χ1n) is 8.36. The van der Waals surface area contributed by atoms with Crippen molar-refractivity contribution in [2.75, 3.05) is 6.54 Å². The fraction of sp³-hybridized carbons (Fsp3) is 0.500. The number of hydrogen-bond acceptors (Lipinski definition) is 3. The Kier molecular flexibility index (Phi) is 6.35. The second-order valence-corrected chi connectivity index (χ2v) is 6.20. The molecule has 1 aromatic carbocycles. The number of likely N-dealkylation sites (tertiary alicyclic amines) is 1. The summed E-state index contributed by atoms with van der Waals surface area (Å²) in [5.41, 5.74) is 1.01. The number of carboxylic acids is 1. The summed E-state index contributed by atoms with van der Waals surface area (Å²) < 4.78 is 0. The van der Waals surface area contributed by atoms with E-state index in [-0.39, 0.29) is 18.2 Å². The molecule has 130 valence electrons. The average molecular weight is 332 g/mol. The number of nitrogens with one attached hydrogen (secondary N) is 1. The third-order valence-corrected chi connectivity index (χ3v) is 4.26. The van der Waals surface area contributed by atoms with Gasteiger partial charge >= 0.3 is 5.97 Å². The number of hydrogen-bond donors (Lipinski definition) is 2.